The molecule has 4 heteroatoms. The first kappa shape index (κ1) is 22.4. The zero-order valence-corrected chi connectivity index (χ0v) is 20.2. The van der Waals surface area contributed by atoms with Crippen molar-refractivity contribution in [2.45, 2.75) is 36.0 Å². The zero-order valence-electron chi connectivity index (χ0n) is 19.4. The molecule has 2 atom stereocenters. The van der Waals surface area contributed by atoms with Gasteiger partial charge in [-0.25, -0.2) is 0 Å². The van der Waals surface area contributed by atoms with Crippen LogP contribution in [0.4, 0.5) is 0 Å². The quantitative estimate of drug-likeness (QED) is 0.372. The van der Waals surface area contributed by atoms with Gasteiger partial charge in [0.15, 0.2) is 0 Å². The molecule has 0 N–H and O–H groups in total. The van der Waals surface area contributed by atoms with Gasteiger partial charge in [-0.3, -0.25) is 0 Å². The molecule has 0 aliphatic carbocycles. The molecule has 3 nitrogen and oxygen atoms in total. The molecule has 1 saturated heterocycles. The van der Waals surface area contributed by atoms with Gasteiger partial charge in [0.1, 0.15) is 11.5 Å². The van der Waals surface area contributed by atoms with Crippen LogP contribution in [0.1, 0.15) is 47.8 Å². The Morgan fingerprint density at radius 1 is 0.909 bits per heavy atom. The van der Waals surface area contributed by atoms with Crippen LogP contribution in [-0.2, 0) is 0 Å². The van der Waals surface area contributed by atoms with Gasteiger partial charge in [-0.2, -0.15) is 0 Å². The number of methoxy groups -OCH3 is 1. The predicted octanol–water partition coefficient (Wildman–Crippen LogP) is 6.58. The van der Waals surface area contributed by atoms with E-state index in [0.717, 1.165) is 17.3 Å². The number of ether oxygens (including phenoxy) is 2. The highest BCUT2D eigenvalue weighted by Crippen LogP contribution is 2.47. The molecule has 2 aliphatic heterocycles. The van der Waals surface area contributed by atoms with Crippen LogP contribution in [0.15, 0.2) is 77.7 Å². The highest BCUT2D eigenvalue weighted by atomic mass is 32.2. The largest absolute Gasteiger partial charge is 0.497 e. The van der Waals surface area contributed by atoms with E-state index in [2.05, 4.69) is 65.6 Å². The Morgan fingerprint density at radius 2 is 1.70 bits per heavy atom. The normalized spacial score (nSPS) is 20.6. The summed E-state index contributed by atoms with van der Waals surface area (Å²) in [6.07, 6.45) is 4.12. The number of hydrogen-bond acceptors (Lipinski definition) is 4. The second kappa shape index (κ2) is 10.7. The van der Waals surface area contributed by atoms with Crippen molar-refractivity contribution >= 4 is 11.8 Å². The molecule has 3 aromatic rings. The summed E-state index contributed by atoms with van der Waals surface area (Å²) in [5.74, 6) is 3.48. The fourth-order valence-corrected chi connectivity index (χ4v) is 6.08. The number of nitrogens with zero attached hydrogens (tertiary/aromatic N) is 1. The van der Waals surface area contributed by atoms with Gasteiger partial charge in [-0.15, -0.1) is 11.8 Å². The molecule has 0 saturated carbocycles. The number of thioether (sulfide) groups is 1. The van der Waals surface area contributed by atoms with Crippen LogP contribution in [0.5, 0.6) is 11.5 Å². The molecule has 5 rings (SSSR count). The third-order valence-electron chi connectivity index (χ3n) is 6.97. The molecule has 0 unspecified atom stereocenters. The van der Waals surface area contributed by atoms with Crippen LogP contribution in [0.25, 0.3) is 0 Å². The molecule has 3 aromatic carbocycles. The molecule has 1 fully saturated rings. The number of likely N-dealkylation sites (tertiary alicyclic amines) is 1. The SMILES string of the molecule is COc1ccc2c(c1)OC[C@H](c1ccccc1)[C@@H]2c1ccc(SCCN2CCCCC2)cc1. The van der Waals surface area contributed by atoms with Crippen LogP contribution in [0, 0.1) is 0 Å². The molecule has 0 bridgehead atoms. The standard InChI is InChI=1S/C29H33NO2S/c1-31-24-12-15-26-28(20-24)32-21-27(22-8-4-2-5-9-22)29(26)23-10-13-25(14-11-23)33-19-18-30-16-6-3-7-17-30/h2,4-5,8-15,20,27,29H,3,6-7,16-19,21H2,1H3/t27-,29-/m1/s1. The lowest BCUT2D eigenvalue weighted by Gasteiger charge is -2.34. The number of rotatable bonds is 7. The van der Waals surface area contributed by atoms with Crippen LogP contribution in [0.2, 0.25) is 0 Å². The monoisotopic (exact) mass is 459 g/mol. The second-order valence-corrected chi connectivity index (χ2v) is 10.2. The van der Waals surface area contributed by atoms with Gasteiger partial charge in [-0.05, 0) is 55.3 Å². The molecule has 172 valence electrons. The number of fused-ring (bicyclic) bond motifs is 1. The molecule has 0 radical (unpaired) electrons. The Balaban J connectivity index is 1.36. The van der Waals surface area contributed by atoms with E-state index in [1.165, 1.54) is 60.5 Å². The van der Waals surface area contributed by atoms with E-state index in [-0.39, 0.29) is 11.8 Å². The first-order valence-electron chi connectivity index (χ1n) is 12.1. The Bertz CT molecular complexity index is 1030. The highest BCUT2D eigenvalue weighted by molar-refractivity contribution is 7.99. The Hall–Kier alpha value is -2.43. The summed E-state index contributed by atoms with van der Waals surface area (Å²) >= 11 is 1.97. The van der Waals surface area contributed by atoms with Crippen molar-refractivity contribution in [3.8, 4) is 11.5 Å². The minimum absolute atomic E-state index is 0.259. The van der Waals surface area contributed by atoms with Crippen molar-refractivity contribution in [2.75, 3.05) is 39.1 Å². The summed E-state index contributed by atoms with van der Waals surface area (Å²) in [5, 5.41) is 0. The van der Waals surface area contributed by atoms with Gasteiger partial charge < -0.3 is 14.4 Å². The van der Waals surface area contributed by atoms with E-state index in [4.69, 9.17) is 9.47 Å². The van der Waals surface area contributed by atoms with Crippen LogP contribution < -0.4 is 9.47 Å². The van der Waals surface area contributed by atoms with Crippen molar-refractivity contribution in [3.63, 3.8) is 0 Å². The smallest absolute Gasteiger partial charge is 0.126 e. The van der Waals surface area contributed by atoms with Gasteiger partial charge in [0, 0.05) is 40.7 Å². The van der Waals surface area contributed by atoms with Crippen molar-refractivity contribution in [1.29, 1.82) is 0 Å². The topological polar surface area (TPSA) is 21.7 Å². The van der Waals surface area contributed by atoms with E-state index in [0.29, 0.717) is 6.61 Å². The maximum Gasteiger partial charge on any atom is 0.126 e. The lowest BCUT2D eigenvalue weighted by molar-refractivity contribution is 0.242. The summed E-state index contributed by atoms with van der Waals surface area (Å²) in [7, 11) is 1.70. The predicted molar refractivity (Wildman–Crippen MR) is 137 cm³/mol. The maximum atomic E-state index is 6.23. The van der Waals surface area contributed by atoms with Gasteiger partial charge in [0.25, 0.3) is 0 Å². The Morgan fingerprint density at radius 3 is 2.45 bits per heavy atom. The summed E-state index contributed by atoms with van der Waals surface area (Å²) in [6.45, 7) is 4.40. The van der Waals surface area contributed by atoms with Crippen molar-refractivity contribution in [3.05, 3.63) is 89.5 Å². The fourth-order valence-electron chi connectivity index (χ4n) is 5.16. The maximum absolute atomic E-state index is 6.23. The molecular formula is C29H33NO2S. The average molecular weight is 460 g/mol. The summed E-state index contributed by atoms with van der Waals surface area (Å²) in [5.41, 5.74) is 3.91. The van der Waals surface area contributed by atoms with Gasteiger partial charge >= 0.3 is 0 Å². The van der Waals surface area contributed by atoms with Crippen LogP contribution in [-0.4, -0.2) is 44.0 Å². The fraction of sp³-hybridized carbons (Fsp3) is 0.379. The number of hydrogen-bond donors (Lipinski definition) is 0. The summed E-state index contributed by atoms with van der Waals surface area (Å²) < 4.78 is 11.7. The highest BCUT2D eigenvalue weighted by Gasteiger charge is 2.33. The van der Waals surface area contributed by atoms with Crippen molar-refractivity contribution in [1.82, 2.24) is 4.90 Å². The molecular weight excluding hydrogens is 426 g/mol. The molecule has 0 spiro atoms. The van der Waals surface area contributed by atoms with Crippen molar-refractivity contribution in [2.24, 2.45) is 0 Å². The summed E-state index contributed by atoms with van der Waals surface area (Å²) in [6, 6.07) is 26.3. The van der Waals surface area contributed by atoms with Gasteiger partial charge in [-0.1, -0.05) is 55.0 Å². The molecule has 0 amide bonds. The van der Waals surface area contributed by atoms with E-state index >= 15 is 0 Å². The van der Waals surface area contributed by atoms with Gasteiger partial charge in [0.05, 0.1) is 13.7 Å². The van der Waals surface area contributed by atoms with E-state index in [9.17, 15) is 0 Å². The van der Waals surface area contributed by atoms with Crippen LogP contribution >= 0.6 is 11.8 Å². The Labute approximate surface area is 202 Å². The third kappa shape index (κ3) is 5.23. The first-order valence-corrected chi connectivity index (χ1v) is 13.1. The second-order valence-electron chi connectivity index (χ2n) is 9.03. The van der Waals surface area contributed by atoms with Crippen molar-refractivity contribution < 1.29 is 9.47 Å². The number of benzene rings is 3. The van der Waals surface area contributed by atoms with E-state index in [1.54, 1.807) is 7.11 Å². The van der Waals surface area contributed by atoms with Crippen LogP contribution in [0.3, 0.4) is 0 Å². The minimum Gasteiger partial charge on any atom is -0.497 e. The zero-order chi connectivity index (χ0) is 22.5. The lowest BCUT2D eigenvalue weighted by atomic mass is 9.76. The lowest BCUT2D eigenvalue weighted by Crippen LogP contribution is -2.31. The molecule has 33 heavy (non-hydrogen) atoms. The average Bonchev–Trinajstić information content (AvgIpc) is 2.89. The third-order valence-corrected chi connectivity index (χ3v) is 7.96. The Kier molecular flexibility index (Phi) is 7.23. The molecule has 0 aromatic heterocycles. The molecule has 2 aliphatic rings. The summed E-state index contributed by atoms with van der Waals surface area (Å²) in [4.78, 5) is 3.97. The first-order chi connectivity index (χ1) is 16.3. The van der Waals surface area contributed by atoms with E-state index in [1.807, 2.05) is 23.9 Å². The van der Waals surface area contributed by atoms with Gasteiger partial charge in [0.2, 0.25) is 0 Å². The molecule has 2 heterocycles. The number of piperidine rings is 1. The minimum atomic E-state index is 0.259. The van der Waals surface area contributed by atoms with E-state index < -0.39 is 0 Å².